The van der Waals surface area contributed by atoms with Gasteiger partial charge in [-0.05, 0) is 41.7 Å². The third kappa shape index (κ3) is 4.42. The number of benzene rings is 3. The summed E-state index contributed by atoms with van der Waals surface area (Å²) < 4.78 is 16.2. The van der Waals surface area contributed by atoms with E-state index >= 15 is 0 Å². The van der Waals surface area contributed by atoms with Crippen LogP contribution in [0.25, 0.3) is 11.1 Å². The van der Waals surface area contributed by atoms with Crippen LogP contribution < -0.4 is 14.8 Å². The van der Waals surface area contributed by atoms with Crippen molar-refractivity contribution in [1.82, 2.24) is 5.32 Å². The van der Waals surface area contributed by atoms with Gasteiger partial charge in [-0.25, -0.2) is 9.59 Å². The molecule has 1 aliphatic rings. The maximum absolute atomic E-state index is 12.7. The number of aliphatic carboxylic acids is 1. The van der Waals surface area contributed by atoms with E-state index in [1.807, 2.05) is 48.5 Å². The largest absolute Gasteiger partial charge is 0.504 e. The number of carbonyl (C=O) groups is 2. The van der Waals surface area contributed by atoms with Gasteiger partial charge in [0.15, 0.2) is 11.5 Å². The standard InChI is InChI=1S/C28H29NO7/c1-15-21(24(30)26(35-4)16(2)25(15)34-3)13-23(27(31)32)29-28(33)36-14-22-19-11-7-5-9-17(19)18-10-6-8-12-20(18)22/h5-12,22-23,30H,13-14H2,1-4H3,(H,29,33)(H,31,32). The molecule has 188 valence electrons. The molecule has 0 aromatic heterocycles. The van der Waals surface area contributed by atoms with Crippen LogP contribution >= 0.6 is 0 Å². The lowest BCUT2D eigenvalue weighted by molar-refractivity contribution is -0.139. The summed E-state index contributed by atoms with van der Waals surface area (Å²) in [5.41, 5.74) is 5.77. The molecule has 0 radical (unpaired) electrons. The summed E-state index contributed by atoms with van der Waals surface area (Å²) in [7, 11) is 2.89. The summed E-state index contributed by atoms with van der Waals surface area (Å²) in [6, 6.07) is 14.6. The lowest BCUT2D eigenvalue weighted by Crippen LogP contribution is -2.43. The van der Waals surface area contributed by atoms with Crippen molar-refractivity contribution >= 4 is 12.1 Å². The van der Waals surface area contributed by atoms with E-state index < -0.39 is 18.1 Å². The van der Waals surface area contributed by atoms with Crippen molar-refractivity contribution < 1.29 is 34.0 Å². The minimum absolute atomic E-state index is 0.0582. The van der Waals surface area contributed by atoms with E-state index in [2.05, 4.69) is 5.32 Å². The van der Waals surface area contributed by atoms with Crippen molar-refractivity contribution in [1.29, 1.82) is 0 Å². The summed E-state index contributed by atoms with van der Waals surface area (Å²) in [5, 5.41) is 23.0. The highest BCUT2D eigenvalue weighted by Crippen LogP contribution is 2.45. The molecule has 0 fully saturated rings. The van der Waals surface area contributed by atoms with Gasteiger partial charge in [-0.2, -0.15) is 0 Å². The highest BCUT2D eigenvalue weighted by atomic mass is 16.5. The molecular weight excluding hydrogens is 462 g/mol. The minimum atomic E-state index is -1.35. The Morgan fingerprint density at radius 3 is 2.00 bits per heavy atom. The molecule has 1 unspecified atom stereocenters. The lowest BCUT2D eigenvalue weighted by atomic mass is 9.95. The van der Waals surface area contributed by atoms with Crippen LogP contribution in [0, 0.1) is 13.8 Å². The van der Waals surface area contributed by atoms with Crippen LogP contribution in [-0.4, -0.2) is 49.1 Å². The van der Waals surface area contributed by atoms with E-state index in [1.54, 1.807) is 13.8 Å². The number of carboxylic acids is 1. The topological polar surface area (TPSA) is 114 Å². The molecule has 1 aliphatic carbocycles. The summed E-state index contributed by atoms with van der Waals surface area (Å²) in [6.45, 7) is 3.51. The number of carbonyl (C=O) groups excluding carboxylic acids is 1. The summed E-state index contributed by atoms with van der Waals surface area (Å²) >= 11 is 0. The Kier molecular flexibility index (Phi) is 7.05. The van der Waals surface area contributed by atoms with Crippen LogP contribution in [0.1, 0.15) is 33.7 Å². The Balaban J connectivity index is 1.51. The quantitative estimate of drug-likeness (QED) is 0.423. The highest BCUT2D eigenvalue weighted by molar-refractivity contribution is 5.81. The number of ether oxygens (including phenoxy) is 3. The van der Waals surface area contributed by atoms with Gasteiger partial charge in [-0.3, -0.25) is 0 Å². The van der Waals surface area contributed by atoms with Crippen LogP contribution in [0.5, 0.6) is 17.2 Å². The first-order chi connectivity index (χ1) is 17.3. The van der Waals surface area contributed by atoms with Gasteiger partial charge in [0.05, 0.1) is 14.2 Å². The van der Waals surface area contributed by atoms with E-state index in [4.69, 9.17) is 14.2 Å². The molecule has 3 aromatic carbocycles. The average molecular weight is 492 g/mol. The monoisotopic (exact) mass is 491 g/mol. The molecule has 0 aliphatic heterocycles. The first kappa shape index (κ1) is 24.9. The van der Waals surface area contributed by atoms with Crippen molar-refractivity contribution in [2.45, 2.75) is 32.2 Å². The van der Waals surface area contributed by atoms with Crippen molar-refractivity contribution in [3.8, 4) is 28.4 Å². The van der Waals surface area contributed by atoms with Crippen LogP contribution in [0.2, 0.25) is 0 Å². The van der Waals surface area contributed by atoms with E-state index in [9.17, 15) is 19.8 Å². The molecule has 0 heterocycles. The van der Waals surface area contributed by atoms with E-state index in [1.165, 1.54) is 14.2 Å². The summed E-state index contributed by atoms with van der Waals surface area (Å²) in [6.07, 6.45) is -1.04. The molecule has 3 aromatic rings. The second kappa shape index (κ2) is 10.2. The maximum atomic E-state index is 12.7. The highest BCUT2D eigenvalue weighted by Gasteiger charge is 2.31. The Hall–Kier alpha value is -4.20. The van der Waals surface area contributed by atoms with Gasteiger partial charge in [-0.1, -0.05) is 48.5 Å². The summed E-state index contributed by atoms with van der Waals surface area (Å²) in [5.74, 6) is -0.930. The molecule has 0 saturated carbocycles. The van der Waals surface area contributed by atoms with Gasteiger partial charge in [0.25, 0.3) is 0 Å². The van der Waals surface area contributed by atoms with Crippen molar-refractivity contribution in [3.63, 3.8) is 0 Å². The number of carboxylic acid groups (broad SMARTS) is 1. The SMILES string of the molecule is COc1c(C)c(CC(NC(=O)OCC2c3ccccc3-c3ccccc32)C(=O)O)c(O)c(OC)c1C. The van der Waals surface area contributed by atoms with Crippen molar-refractivity contribution in [3.05, 3.63) is 76.3 Å². The van der Waals surface area contributed by atoms with Crippen LogP contribution in [0.3, 0.4) is 0 Å². The molecule has 1 atom stereocenters. The zero-order valence-electron chi connectivity index (χ0n) is 20.6. The predicted octanol–water partition coefficient (Wildman–Crippen LogP) is 4.56. The number of fused-ring (bicyclic) bond motifs is 3. The second-order valence-electron chi connectivity index (χ2n) is 8.71. The Morgan fingerprint density at radius 1 is 0.917 bits per heavy atom. The fraction of sp³-hybridized carbons (Fsp3) is 0.286. The normalized spacial score (nSPS) is 12.9. The summed E-state index contributed by atoms with van der Waals surface area (Å²) in [4.78, 5) is 24.7. The number of methoxy groups -OCH3 is 2. The number of hydrogen-bond acceptors (Lipinski definition) is 6. The van der Waals surface area contributed by atoms with Gasteiger partial charge >= 0.3 is 12.1 Å². The van der Waals surface area contributed by atoms with E-state index in [-0.39, 0.29) is 30.4 Å². The molecule has 0 bridgehead atoms. The smallest absolute Gasteiger partial charge is 0.407 e. The zero-order chi connectivity index (χ0) is 26.0. The van der Waals surface area contributed by atoms with Crippen molar-refractivity contribution in [2.24, 2.45) is 0 Å². The number of hydrogen-bond donors (Lipinski definition) is 3. The van der Waals surface area contributed by atoms with Crippen LogP contribution in [0.4, 0.5) is 4.79 Å². The van der Waals surface area contributed by atoms with Gasteiger partial charge < -0.3 is 29.7 Å². The minimum Gasteiger partial charge on any atom is -0.504 e. The van der Waals surface area contributed by atoms with Crippen molar-refractivity contribution in [2.75, 3.05) is 20.8 Å². The molecule has 4 rings (SSSR count). The molecule has 8 nitrogen and oxygen atoms in total. The molecule has 3 N–H and O–H groups in total. The Bertz CT molecular complexity index is 1240. The number of amides is 1. The number of aromatic hydroxyl groups is 1. The van der Waals surface area contributed by atoms with E-state index in [0.29, 0.717) is 22.4 Å². The van der Waals surface area contributed by atoms with E-state index in [0.717, 1.165) is 22.3 Å². The Labute approximate surface area is 209 Å². The van der Waals surface area contributed by atoms with Crippen LogP contribution in [0.15, 0.2) is 48.5 Å². The van der Waals surface area contributed by atoms with Gasteiger partial charge in [0, 0.05) is 23.5 Å². The van der Waals surface area contributed by atoms with Gasteiger partial charge in [-0.15, -0.1) is 0 Å². The Morgan fingerprint density at radius 2 is 1.47 bits per heavy atom. The molecule has 0 saturated heterocycles. The first-order valence-electron chi connectivity index (χ1n) is 11.6. The third-order valence-electron chi connectivity index (χ3n) is 6.73. The molecule has 1 amide bonds. The average Bonchev–Trinajstić information content (AvgIpc) is 3.18. The molecule has 36 heavy (non-hydrogen) atoms. The first-order valence-corrected chi connectivity index (χ1v) is 11.6. The van der Waals surface area contributed by atoms with Gasteiger partial charge in [0.2, 0.25) is 0 Å². The van der Waals surface area contributed by atoms with Crippen LogP contribution in [-0.2, 0) is 16.0 Å². The fourth-order valence-electron chi connectivity index (χ4n) is 5.01. The maximum Gasteiger partial charge on any atom is 0.407 e. The fourth-order valence-corrected chi connectivity index (χ4v) is 5.01. The number of rotatable bonds is 8. The number of phenolic OH excluding ortho intramolecular Hbond substituents is 1. The molecular formula is C28H29NO7. The van der Waals surface area contributed by atoms with Gasteiger partial charge in [0.1, 0.15) is 18.4 Å². The predicted molar refractivity (Wildman–Crippen MR) is 134 cm³/mol. The lowest BCUT2D eigenvalue weighted by Gasteiger charge is -2.22. The number of alkyl carbamates (subject to hydrolysis) is 1. The third-order valence-corrected chi connectivity index (χ3v) is 6.73. The molecule has 0 spiro atoms. The second-order valence-corrected chi connectivity index (χ2v) is 8.71. The zero-order valence-corrected chi connectivity index (χ0v) is 20.6. The molecule has 8 heteroatoms. The number of nitrogens with one attached hydrogen (secondary N) is 1. The number of phenols is 1.